The molecule has 0 bridgehead atoms. The summed E-state index contributed by atoms with van der Waals surface area (Å²) in [6.07, 6.45) is 0. The minimum absolute atomic E-state index is 0.193. The van der Waals surface area contributed by atoms with Crippen LogP contribution in [0.2, 0.25) is 0 Å². The highest BCUT2D eigenvalue weighted by molar-refractivity contribution is 8.00. The number of H-pyrrole nitrogens is 1. The predicted molar refractivity (Wildman–Crippen MR) is 118 cm³/mol. The number of aromatic nitrogens is 4. The molecule has 4 rings (SSSR count). The molecule has 0 saturated heterocycles. The first-order valence-corrected chi connectivity index (χ1v) is 10.9. The van der Waals surface area contributed by atoms with Gasteiger partial charge in [-0.3, -0.25) is 9.89 Å². The molecule has 2 aromatic heterocycles. The van der Waals surface area contributed by atoms with Crippen LogP contribution in [-0.4, -0.2) is 31.3 Å². The minimum atomic E-state index is -0.412. The first kappa shape index (κ1) is 20.2. The highest BCUT2D eigenvalue weighted by Crippen LogP contribution is 2.27. The number of amides is 1. The summed E-state index contributed by atoms with van der Waals surface area (Å²) in [5.74, 6) is 0.168. The quantitative estimate of drug-likeness (QED) is 0.405. The van der Waals surface area contributed by atoms with Crippen LogP contribution in [0.4, 0.5) is 9.52 Å². The van der Waals surface area contributed by atoms with E-state index in [0.29, 0.717) is 21.8 Å². The van der Waals surface area contributed by atoms with Crippen LogP contribution < -0.4 is 5.32 Å². The normalized spacial score (nSPS) is 12.0. The van der Waals surface area contributed by atoms with Crippen LogP contribution in [0.3, 0.4) is 0 Å². The largest absolute Gasteiger partial charge is 0.301 e. The van der Waals surface area contributed by atoms with Gasteiger partial charge in [0, 0.05) is 16.5 Å². The summed E-state index contributed by atoms with van der Waals surface area (Å²) in [6, 6.07) is 14.0. The number of rotatable bonds is 6. The maximum Gasteiger partial charge on any atom is 0.239 e. The Hall–Kier alpha value is -3.04. The van der Waals surface area contributed by atoms with Crippen molar-refractivity contribution in [2.24, 2.45) is 0 Å². The van der Waals surface area contributed by atoms with E-state index in [1.54, 1.807) is 19.1 Å². The average molecular weight is 440 g/mol. The lowest BCUT2D eigenvalue weighted by atomic mass is 10.1. The topological polar surface area (TPSA) is 83.6 Å². The molecule has 4 aromatic rings. The van der Waals surface area contributed by atoms with E-state index in [1.807, 2.05) is 36.6 Å². The molecule has 0 radical (unpaired) electrons. The molecule has 2 N–H and O–H groups in total. The van der Waals surface area contributed by atoms with Crippen molar-refractivity contribution < 1.29 is 9.18 Å². The van der Waals surface area contributed by atoms with E-state index in [2.05, 4.69) is 25.5 Å². The van der Waals surface area contributed by atoms with E-state index in [4.69, 9.17) is 0 Å². The number of thioether (sulfide) groups is 1. The molecular weight excluding hydrogens is 421 g/mol. The SMILES string of the molecule is Cc1ccc(-c2nc(SC(C)C(=O)Nc3nc(-c4ccc(F)cc4)cs3)n[nH]2)cc1. The zero-order chi connectivity index (χ0) is 21.1. The van der Waals surface area contributed by atoms with Gasteiger partial charge >= 0.3 is 0 Å². The van der Waals surface area contributed by atoms with Gasteiger partial charge in [0.05, 0.1) is 10.9 Å². The fraction of sp³-hybridized carbons (Fsp3) is 0.143. The number of nitrogens with zero attached hydrogens (tertiary/aromatic N) is 3. The van der Waals surface area contributed by atoms with Crippen molar-refractivity contribution in [1.82, 2.24) is 20.2 Å². The lowest BCUT2D eigenvalue weighted by molar-refractivity contribution is -0.115. The first-order chi connectivity index (χ1) is 14.5. The summed E-state index contributed by atoms with van der Waals surface area (Å²) in [5.41, 5.74) is 3.59. The van der Waals surface area contributed by atoms with Crippen molar-refractivity contribution in [3.05, 3.63) is 65.3 Å². The molecule has 1 amide bonds. The monoisotopic (exact) mass is 439 g/mol. The van der Waals surface area contributed by atoms with Gasteiger partial charge in [0.25, 0.3) is 0 Å². The second-order valence-electron chi connectivity index (χ2n) is 6.63. The van der Waals surface area contributed by atoms with Crippen LogP contribution in [-0.2, 0) is 4.79 Å². The molecule has 2 aromatic carbocycles. The van der Waals surface area contributed by atoms with Gasteiger partial charge in [-0.05, 0) is 38.1 Å². The Balaban J connectivity index is 1.37. The Labute approximate surface area is 181 Å². The third-order valence-corrected chi connectivity index (χ3v) is 6.03. The lowest BCUT2D eigenvalue weighted by Gasteiger charge is -2.07. The number of benzene rings is 2. The van der Waals surface area contributed by atoms with Gasteiger partial charge < -0.3 is 5.32 Å². The van der Waals surface area contributed by atoms with Crippen molar-refractivity contribution in [2.75, 3.05) is 5.32 Å². The Morgan fingerprint density at radius 3 is 2.53 bits per heavy atom. The molecule has 0 spiro atoms. The zero-order valence-electron chi connectivity index (χ0n) is 16.2. The van der Waals surface area contributed by atoms with Gasteiger partial charge in [-0.2, -0.15) is 0 Å². The molecule has 9 heteroatoms. The van der Waals surface area contributed by atoms with Crippen molar-refractivity contribution in [1.29, 1.82) is 0 Å². The summed E-state index contributed by atoms with van der Waals surface area (Å²) >= 11 is 2.58. The van der Waals surface area contributed by atoms with Crippen LogP contribution in [0, 0.1) is 12.7 Å². The number of nitrogens with one attached hydrogen (secondary N) is 2. The van der Waals surface area contributed by atoms with Crippen molar-refractivity contribution >= 4 is 34.1 Å². The van der Waals surface area contributed by atoms with Crippen LogP contribution in [0.15, 0.2) is 59.1 Å². The van der Waals surface area contributed by atoms with Crippen molar-refractivity contribution in [2.45, 2.75) is 24.3 Å². The van der Waals surface area contributed by atoms with Crippen LogP contribution >= 0.6 is 23.1 Å². The lowest BCUT2D eigenvalue weighted by Crippen LogP contribution is -2.22. The molecule has 0 aliphatic rings. The van der Waals surface area contributed by atoms with Gasteiger partial charge in [-0.1, -0.05) is 41.6 Å². The Bertz CT molecular complexity index is 1150. The number of aromatic amines is 1. The molecule has 2 heterocycles. The molecule has 6 nitrogen and oxygen atoms in total. The van der Waals surface area contributed by atoms with Crippen molar-refractivity contribution in [3.8, 4) is 22.6 Å². The molecule has 152 valence electrons. The van der Waals surface area contributed by atoms with Crippen LogP contribution in [0.1, 0.15) is 12.5 Å². The molecule has 0 saturated carbocycles. The average Bonchev–Trinajstić information content (AvgIpc) is 3.39. The maximum atomic E-state index is 13.1. The molecule has 0 aliphatic carbocycles. The van der Waals surface area contributed by atoms with E-state index in [1.165, 1.54) is 40.8 Å². The maximum absolute atomic E-state index is 13.1. The Morgan fingerprint density at radius 2 is 1.80 bits per heavy atom. The first-order valence-electron chi connectivity index (χ1n) is 9.16. The van der Waals surface area contributed by atoms with E-state index < -0.39 is 5.25 Å². The number of anilines is 1. The number of carbonyl (C=O) groups excluding carboxylic acids is 1. The van der Waals surface area contributed by atoms with E-state index in [9.17, 15) is 9.18 Å². The van der Waals surface area contributed by atoms with Crippen LogP contribution in [0.5, 0.6) is 0 Å². The fourth-order valence-corrected chi connectivity index (χ4v) is 4.09. The van der Waals surface area contributed by atoms with Gasteiger partial charge in [0.2, 0.25) is 11.1 Å². The summed E-state index contributed by atoms with van der Waals surface area (Å²) in [5, 5.41) is 12.3. The van der Waals surface area contributed by atoms with E-state index in [0.717, 1.165) is 11.1 Å². The second kappa shape index (κ2) is 8.76. The molecule has 0 fully saturated rings. The second-order valence-corrected chi connectivity index (χ2v) is 8.79. The van der Waals surface area contributed by atoms with Gasteiger partial charge in [-0.15, -0.1) is 16.4 Å². The zero-order valence-corrected chi connectivity index (χ0v) is 17.9. The number of halogens is 1. The molecule has 30 heavy (non-hydrogen) atoms. The summed E-state index contributed by atoms with van der Waals surface area (Å²) in [7, 11) is 0. The minimum Gasteiger partial charge on any atom is -0.301 e. The van der Waals surface area contributed by atoms with Gasteiger partial charge in [-0.25, -0.2) is 14.4 Å². The van der Waals surface area contributed by atoms with E-state index in [-0.39, 0.29) is 11.7 Å². The number of carbonyl (C=O) groups is 1. The highest BCUT2D eigenvalue weighted by Gasteiger charge is 2.19. The van der Waals surface area contributed by atoms with Crippen molar-refractivity contribution in [3.63, 3.8) is 0 Å². The number of thiazole rings is 1. The molecular formula is C21H18FN5OS2. The molecule has 1 unspecified atom stereocenters. The van der Waals surface area contributed by atoms with Gasteiger partial charge in [0.1, 0.15) is 5.82 Å². The Kier molecular flexibility index (Phi) is 5.91. The summed E-state index contributed by atoms with van der Waals surface area (Å²) in [4.78, 5) is 21.4. The summed E-state index contributed by atoms with van der Waals surface area (Å²) in [6.45, 7) is 3.81. The summed E-state index contributed by atoms with van der Waals surface area (Å²) < 4.78 is 13.1. The molecule has 0 aliphatic heterocycles. The third-order valence-electron chi connectivity index (χ3n) is 4.32. The smallest absolute Gasteiger partial charge is 0.239 e. The fourth-order valence-electron chi connectivity index (χ4n) is 2.64. The van der Waals surface area contributed by atoms with Crippen LogP contribution in [0.25, 0.3) is 22.6 Å². The van der Waals surface area contributed by atoms with Gasteiger partial charge in [0.15, 0.2) is 11.0 Å². The number of hydrogen-bond acceptors (Lipinski definition) is 6. The number of hydrogen-bond donors (Lipinski definition) is 2. The highest BCUT2D eigenvalue weighted by atomic mass is 32.2. The Morgan fingerprint density at radius 1 is 1.10 bits per heavy atom. The predicted octanol–water partition coefficient (Wildman–Crippen LogP) is 5.16. The van der Waals surface area contributed by atoms with E-state index >= 15 is 0 Å². The number of aryl methyl sites for hydroxylation is 1. The third kappa shape index (κ3) is 4.74. The standard InChI is InChI=1S/C21H18FN5OS2/c1-12-3-5-15(6-4-12)18-24-21(27-26-18)30-13(2)19(28)25-20-23-17(11-29-20)14-7-9-16(22)10-8-14/h3-11,13H,1-2H3,(H,23,25,28)(H,24,26,27). The molecule has 1 atom stereocenters.